The number of fused-ring (bicyclic) bond motifs is 1. The molecule has 0 fully saturated rings. The van der Waals surface area contributed by atoms with Crippen LogP contribution in [0.1, 0.15) is 24.0 Å². The predicted molar refractivity (Wildman–Crippen MR) is 55.5 cm³/mol. The molecule has 1 atom stereocenters. The molecule has 70 valence electrons. The van der Waals surface area contributed by atoms with Crippen LogP contribution in [-0.4, -0.2) is 6.04 Å². The molecule has 0 amide bonds. The van der Waals surface area contributed by atoms with Crippen LogP contribution in [0.25, 0.3) is 0 Å². The summed E-state index contributed by atoms with van der Waals surface area (Å²) in [7, 11) is 0. The van der Waals surface area contributed by atoms with Crippen LogP contribution in [0.15, 0.2) is 18.2 Å². The van der Waals surface area contributed by atoms with E-state index in [1.165, 1.54) is 11.1 Å². The molecule has 2 rings (SSSR count). The zero-order chi connectivity index (χ0) is 9.26. The standard InChI is InChI=1S/C11H16N2/c12-10-4-1-8-2-6-11(13)7-9(8)3-5-10/h2,6-7,10H,1,3-5,12-13H2. The maximum atomic E-state index is 5.92. The number of hydrogen-bond donors (Lipinski definition) is 2. The Morgan fingerprint density at radius 2 is 1.77 bits per heavy atom. The van der Waals surface area contributed by atoms with Gasteiger partial charge in [-0.2, -0.15) is 0 Å². The summed E-state index contributed by atoms with van der Waals surface area (Å²) in [4.78, 5) is 0. The van der Waals surface area contributed by atoms with Crippen LogP contribution in [0.4, 0.5) is 5.69 Å². The molecule has 0 aromatic heterocycles. The minimum atomic E-state index is 0.369. The van der Waals surface area contributed by atoms with E-state index in [-0.39, 0.29) is 0 Å². The summed E-state index contributed by atoms with van der Waals surface area (Å²) < 4.78 is 0. The summed E-state index contributed by atoms with van der Waals surface area (Å²) in [6.07, 6.45) is 4.39. The lowest BCUT2D eigenvalue weighted by molar-refractivity contribution is 0.589. The summed E-state index contributed by atoms with van der Waals surface area (Å²) in [6, 6.07) is 6.58. The first kappa shape index (κ1) is 8.57. The maximum Gasteiger partial charge on any atom is 0.0316 e. The molecule has 13 heavy (non-hydrogen) atoms. The average Bonchev–Trinajstić information content (AvgIpc) is 2.29. The number of rotatable bonds is 0. The maximum absolute atomic E-state index is 5.92. The highest BCUT2D eigenvalue weighted by Gasteiger charge is 2.12. The molecule has 0 heterocycles. The molecule has 0 aliphatic heterocycles. The molecule has 2 heteroatoms. The molecule has 1 unspecified atom stereocenters. The lowest BCUT2D eigenvalue weighted by Gasteiger charge is -2.05. The molecule has 0 spiro atoms. The van der Waals surface area contributed by atoms with E-state index in [0.29, 0.717) is 6.04 Å². The fourth-order valence-electron chi connectivity index (χ4n) is 1.95. The van der Waals surface area contributed by atoms with Crippen LogP contribution in [-0.2, 0) is 12.8 Å². The van der Waals surface area contributed by atoms with Gasteiger partial charge in [-0.15, -0.1) is 0 Å². The van der Waals surface area contributed by atoms with Crippen molar-refractivity contribution in [3.8, 4) is 0 Å². The van der Waals surface area contributed by atoms with E-state index < -0.39 is 0 Å². The Morgan fingerprint density at radius 3 is 2.54 bits per heavy atom. The second kappa shape index (κ2) is 3.38. The molecular formula is C11H16N2. The largest absolute Gasteiger partial charge is 0.399 e. The molecule has 1 aliphatic rings. The number of benzene rings is 1. The lowest BCUT2D eigenvalue weighted by atomic mass is 10.0. The van der Waals surface area contributed by atoms with Gasteiger partial charge in [-0.25, -0.2) is 0 Å². The quantitative estimate of drug-likeness (QED) is 0.464. The molecule has 2 nitrogen and oxygen atoms in total. The van der Waals surface area contributed by atoms with E-state index in [2.05, 4.69) is 12.1 Å². The van der Waals surface area contributed by atoms with Crippen molar-refractivity contribution in [3.05, 3.63) is 29.3 Å². The highest BCUT2D eigenvalue weighted by atomic mass is 14.6. The monoisotopic (exact) mass is 176 g/mol. The van der Waals surface area contributed by atoms with E-state index in [0.717, 1.165) is 31.4 Å². The van der Waals surface area contributed by atoms with Crippen molar-refractivity contribution in [2.24, 2.45) is 5.73 Å². The second-order valence-corrected chi connectivity index (χ2v) is 3.87. The summed E-state index contributed by atoms with van der Waals surface area (Å²) >= 11 is 0. The minimum Gasteiger partial charge on any atom is -0.399 e. The van der Waals surface area contributed by atoms with Crippen LogP contribution in [0.2, 0.25) is 0 Å². The Kier molecular flexibility index (Phi) is 2.23. The van der Waals surface area contributed by atoms with E-state index >= 15 is 0 Å². The van der Waals surface area contributed by atoms with Gasteiger partial charge in [0.25, 0.3) is 0 Å². The molecule has 1 aliphatic carbocycles. The van der Waals surface area contributed by atoms with E-state index in [9.17, 15) is 0 Å². The van der Waals surface area contributed by atoms with Crippen LogP contribution >= 0.6 is 0 Å². The van der Waals surface area contributed by atoms with Crippen LogP contribution < -0.4 is 11.5 Å². The van der Waals surface area contributed by atoms with Gasteiger partial charge in [0, 0.05) is 11.7 Å². The molecule has 0 radical (unpaired) electrons. The molecule has 4 N–H and O–H groups in total. The molecule has 0 bridgehead atoms. The highest BCUT2D eigenvalue weighted by Crippen LogP contribution is 2.21. The molecule has 1 aromatic carbocycles. The number of anilines is 1. The van der Waals surface area contributed by atoms with Crippen molar-refractivity contribution in [2.75, 3.05) is 5.73 Å². The van der Waals surface area contributed by atoms with E-state index in [1.807, 2.05) is 6.07 Å². The summed E-state index contributed by atoms with van der Waals surface area (Å²) in [5, 5.41) is 0. The molecule has 0 saturated carbocycles. The molecule has 0 saturated heterocycles. The summed E-state index contributed by atoms with van der Waals surface area (Å²) in [5.41, 5.74) is 15.4. The summed E-state index contributed by atoms with van der Waals surface area (Å²) in [6.45, 7) is 0. The Morgan fingerprint density at radius 1 is 1.08 bits per heavy atom. The van der Waals surface area contributed by atoms with Gasteiger partial charge >= 0.3 is 0 Å². The number of hydrogen-bond acceptors (Lipinski definition) is 2. The first-order chi connectivity index (χ1) is 6.25. The van der Waals surface area contributed by atoms with Crippen LogP contribution in [0.5, 0.6) is 0 Å². The average molecular weight is 176 g/mol. The zero-order valence-electron chi connectivity index (χ0n) is 7.79. The van der Waals surface area contributed by atoms with Crippen molar-refractivity contribution in [1.29, 1.82) is 0 Å². The zero-order valence-corrected chi connectivity index (χ0v) is 7.79. The Bertz CT molecular complexity index is 307. The van der Waals surface area contributed by atoms with Crippen molar-refractivity contribution >= 4 is 5.69 Å². The van der Waals surface area contributed by atoms with Crippen molar-refractivity contribution in [3.63, 3.8) is 0 Å². The number of nitrogen functional groups attached to an aromatic ring is 1. The SMILES string of the molecule is Nc1ccc2c(c1)CCC(N)CC2. The van der Waals surface area contributed by atoms with Gasteiger partial charge in [0.1, 0.15) is 0 Å². The third kappa shape index (κ3) is 1.83. The summed E-state index contributed by atoms with van der Waals surface area (Å²) in [5.74, 6) is 0. The Hall–Kier alpha value is -1.02. The van der Waals surface area contributed by atoms with Crippen LogP contribution in [0.3, 0.4) is 0 Å². The van der Waals surface area contributed by atoms with E-state index in [4.69, 9.17) is 11.5 Å². The van der Waals surface area contributed by atoms with Gasteiger partial charge < -0.3 is 11.5 Å². The third-order valence-corrected chi connectivity index (χ3v) is 2.80. The Balaban J connectivity index is 2.30. The number of aryl methyl sites for hydroxylation is 2. The minimum absolute atomic E-state index is 0.369. The second-order valence-electron chi connectivity index (χ2n) is 3.87. The highest BCUT2D eigenvalue weighted by molar-refractivity contribution is 5.45. The fourth-order valence-corrected chi connectivity index (χ4v) is 1.95. The van der Waals surface area contributed by atoms with Crippen molar-refractivity contribution in [2.45, 2.75) is 31.7 Å². The topological polar surface area (TPSA) is 52.0 Å². The third-order valence-electron chi connectivity index (χ3n) is 2.80. The van der Waals surface area contributed by atoms with Gasteiger partial charge in [0.05, 0.1) is 0 Å². The van der Waals surface area contributed by atoms with Gasteiger partial charge in [-0.3, -0.25) is 0 Å². The first-order valence-corrected chi connectivity index (χ1v) is 4.88. The fraction of sp³-hybridized carbons (Fsp3) is 0.455. The molecular weight excluding hydrogens is 160 g/mol. The normalized spacial score (nSPS) is 22.1. The van der Waals surface area contributed by atoms with Gasteiger partial charge in [-0.05, 0) is 48.9 Å². The predicted octanol–water partition coefficient (Wildman–Crippen LogP) is 1.47. The van der Waals surface area contributed by atoms with Crippen molar-refractivity contribution < 1.29 is 0 Å². The number of nitrogens with two attached hydrogens (primary N) is 2. The van der Waals surface area contributed by atoms with Crippen molar-refractivity contribution in [1.82, 2.24) is 0 Å². The van der Waals surface area contributed by atoms with Gasteiger partial charge in [-0.1, -0.05) is 6.07 Å². The van der Waals surface area contributed by atoms with E-state index in [1.54, 1.807) is 0 Å². The first-order valence-electron chi connectivity index (χ1n) is 4.88. The Labute approximate surface area is 78.9 Å². The van der Waals surface area contributed by atoms with Crippen LogP contribution in [0, 0.1) is 0 Å². The smallest absolute Gasteiger partial charge is 0.0316 e. The van der Waals surface area contributed by atoms with Gasteiger partial charge in [0.15, 0.2) is 0 Å². The van der Waals surface area contributed by atoms with Gasteiger partial charge in [0.2, 0.25) is 0 Å². The lowest BCUT2D eigenvalue weighted by Crippen LogP contribution is -2.19. The molecule has 1 aromatic rings.